The van der Waals surface area contributed by atoms with Gasteiger partial charge in [0, 0.05) is 35.6 Å². The van der Waals surface area contributed by atoms with E-state index in [9.17, 15) is 9.59 Å². The third-order valence-corrected chi connectivity index (χ3v) is 7.51. The van der Waals surface area contributed by atoms with Crippen LogP contribution in [0.25, 0.3) is 0 Å². The predicted octanol–water partition coefficient (Wildman–Crippen LogP) is 4.02. The average molecular weight is 453 g/mol. The van der Waals surface area contributed by atoms with Crippen LogP contribution in [0.4, 0.5) is 0 Å². The summed E-state index contributed by atoms with van der Waals surface area (Å²) >= 11 is 0. The van der Waals surface area contributed by atoms with Crippen LogP contribution in [0.15, 0.2) is 25.0 Å². The second kappa shape index (κ2) is 12.7. The Hall–Kier alpha value is -1.89. The number of carbonyl (C=O) groups is 2. The fourth-order valence-electron chi connectivity index (χ4n) is 2.14. The smallest absolute Gasteiger partial charge is 0.169 e. The third kappa shape index (κ3) is 12.0. The van der Waals surface area contributed by atoms with Crippen molar-refractivity contribution < 1.29 is 19.1 Å². The van der Waals surface area contributed by atoms with E-state index in [-0.39, 0.29) is 0 Å². The van der Waals surface area contributed by atoms with E-state index in [2.05, 4.69) is 49.3 Å². The van der Waals surface area contributed by atoms with Crippen LogP contribution in [0.2, 0.25) is 51.4 Å². The van der Waals surface area contributed by atoms with E-state index in [1.165, 1.54) is 6.20 Å². The highest BCUT2D eigenvalue weighted by Gasteiger charge is 2.12. The van der Waals surface area contributed by atoms with E-state index in [1.54, 1.807) is 28.0 Å². The molecule has 10 heteroatoms. The van der Waals surface area contributed by atoms with Gasteiger partial charge in [-0.2, -0.15) is 0 Å². The van der Waals surface area contributed by atoms with E-state index in [4.69, 9.17) is 9.47 Å². The molecule has 0 saturated heterocycles. The van der Waals surface area contributed by atoms with Gasteiger partial charge in [0.05, 0.1) is 18.9 Å². The summed E-state index contributed by atoms with van der Waals surface area (Å²) in [7, 11) is -2.02. The normalized spacial score (nSPS) is 11.7. The van der Waals surface area contributed by atoms with Crippen molar-refractivity contribution in [3.05, 3.63) is 36.4 Å². The molecule has 0 aliphatic carbocycles. The molecule has 0 spiro atoms. The molecular formula is C20H36N4O4Si2. The Bertz CT molecular complexity index is 763. The Labute approximate surface area is 181 Å². The van der Waals surface area contributed by atoms with Crippen LogP contribution in [0.1, 0.15) is 21.0 Å². The summed E-state index contributed by atoms with van der Waals surface area (Å²) in [5, 5.41) is 0. The van der Waals surface area contributed by atoms with Crippen LogP contribution in [0.3, 0.4) is 0 Å². The zero-order valence-corrected chi connectivity index (χ0v) is 21.1. The van der Waals surface area contributed by atoms with Gasteiger partial charge in [-0.25, -0.2) is 9.97 Å². The van der Waals surface area contributed by atoms with Crippen LogP contribution in [-0.4, -0.2) is 61.0 Å². The number of rotatable bonds is 12. The van der Waals surface area contributed by atoms with Crippen LogP contribution in [-0.2, 0) is 22.9 Å². The molecule has 8 nitrogen and oxygen atoms in total. The fraction of sp³-hybridized carbons (Fsp3) is 0.600. The number of hydrogen-bond acceptors (Lipinski definition) is 6. The highest BCUT2D eigenvalue weighted by atomic mass is 28.3. The lowest BCUT2D eigenvalue weighted by Gasteiger charge is -2.15. The number of aldehydes is 2. The number of carbonyl (C=O) groups excluding carboxylic acids is 2. The summed E-state index contributed by atoms with van der Waals surface area (Å²) < 4.78 is 14.5. The Morgan fingerprint density at radius 1 is 0.900 bits per heavy atom. The van der Waals surface area contributed by atoms with Crippen molar-refractivity contribution in [2.45, 2.75) is 64.8 Å². The first-order valence-electron chi connectivity index (χ1n) is 10.1. The minimum Gasteiger partial charge on any atom is -0.361 e. The molecule has 0 unspecified atom stereocenters. The first-order valence-corrected chi connectivity index (χ1v) is 17.5. The lowest BCUT2D eigenvalue weighted by Crippen LogP contribution is -2.22. The zero-order valence-electron chi connectivity index (χ0n) is 19.1. The Morgan fingerprint density at radius 2 is 1.50 bits per heavy atom. The van der Waals surface area contributed by atoms with Gasteiger partial charge in [-0.3, -0.25) is 9.59 Å². The van der Waals surface area contributed by atoms with Crippen LogP contribution in [0.5, 0.6) is 0 Å². The van der Waals surface area contributed by atoms with E-state index >= 15 is 0 Å². The van der Waals surface area contributed by atoms with E-state index in [0.29, 0.717) is 24.8 Å². The molecule has 0 atom stereocenters. The zero-order chi connectivity index (χ0) is 22.6. The molecule has 2 aromatic heterocycles. The lowest BCUT2D eigenvalue weighted by molar-refractivity contribution is 0.0835. The summed E-state index contributed by atoms with van der Waals surface area (Å²) in [5.41, 5.74) is 1.01. The van der Waals surface area contributed by atoms with Crippen molar-refractivity contribution in [3.63, 3.8) is 0 Å². The monoisotopic (exact) mass is 452 g/mol. The summed E-state index contributed by atoms with van der Waals surface area (Å²) in [6.45, 7) is 16.3. The molecule has 0 amide bonds. The van der Waals surface area contributed by atoms with Crippen molar-refractivity contribution in [1.82, 2.24) is 19.1 Å². The van der Waals surface area contributed by atoms with Crippen LogP contribution in [0, 0.1) is 0 Å². The van der Waals surface area contributed by atoms with Gasteiger partial charge >= 0.3 is 0 Å². The molecule has 0 bridgehead atoms. The minimum absolute atomic E-state index is 0.415. The lowest BCUT2D eigenvalue weighted by atomic mass is 10.5. The van der Waals surface area contributed by atoms with Crippen molar-refractivity contribution >= 4 is 28.7 Å². The maximum absolute atomic E-state index is 10.6. The molecule has 0 N–H and O–H groups in total. The van der Waals surface area contributed by atoms with Crippen LogP contribution >= 0.6 is 0 Å². The molecule has 2 aromatic rings. The molecule has 0 fully saturated rings. The Morgan fingerprint density at radius 3 is 2.00 bits per heavy atom. The summed E-state index contributed by atoms with van der Waals surface area (Å²) in [5.74, 6) is 0. The molecule has 0 aromatic carbocycles. The van der Waals surface area contributed by atoms with Crippen molar-refractivity contribution in [2.75, 3.05) is 13.2 Å². The van der Waals surface area contributed by atoms with Gasteiger partial charge in [-0.15, -0.1) is 0 Å². The number of imidazole rings is 2. The second-order valence-electron chi connectivity index (χ2n) is 9.53. The van der Waals surface area contributed by atoms with Gasteiger partial charge in [0.1, 0.15) is 24.8 Å². The van der Waals surface area contributed by atoms with Crippen molar-refractivity contribution in [1.29, 1.82) is 0 Å². The largest absolute Gasteiger partial charge is 0.361 e. The van der Waals surface area contributed by atoms with Gasteiger partial charge < -0.3 is 18.6 Å². The molecular weight excluding hydrogens is 416 g/mol. The van der Waals surface area contributed by atoms with Gasteiger partial charge in [0.25, 0.3) is 0 Å². The summed E-state index contributed by atoms with van der Waals surface area (Å²) in [6.07, 6.45) is 7.96. The maximum atomic E-state index is 10.6. The average Bonchev–Trinajstić information content (AvgIpc) is 3.30. The Kier molecular flexibility index (Phi) is 11.1. The molecule has 0 aliphatic rings. The second-order valence-corrected chi connectivity index (χ2v) is 20.8. The number of ether oxygens (including phenoxy) is 2. The molecule has 168 valence electrons. The van der Waals surface area contributed by atoms with Gasteiger partial charge in [-0.05, 0) is 12.1 Å². The first-order chi connectivity index (χ1) is 14.0. The molecule has 30 heavy (non-hydrogen) atoms. The topological polar surface area (TPSA) is 88.2 Å². The summed E-state index contributed by atoms with van der Waals surface area (Å²) in [4.78, 5) is 28.7. The van der Waals surface area contributed by atoms with Crippen molar-refractivity contribution in [2.24, 2.45) is 0 Å². The molecule has 0 saturated carbocycles. The minimum atomic E-state index is -1.02. The highest BCUT2D eigenvalue weighted by Crippen LogP contribution is 2.08. The Balaban J connectivity index is 0.000000300. The number of hydrogen-bond donors (Lipinski definition) is 0. The fourth-order valence-corrected chi connectivity index (χ4v) is 3.65. The maximum Gasteiger partial charge on any atom is 0.169 e. The predicted molar refractivity (Wildman–Crippen MR) is 123 cm³/mol. The molecule has 0 radical (unpaired) electrons. The third-order valence-electron chi connectivity index (χ3n) is 4.10. The van der Waals surface area contributed by atoms with Gasteiger partial charge in [0.15, 0.2) is 12.6 Å². The number of aromatic nitrogens is 4. The highest BCUT2D eigenvalue weighted by molar-refractivity contribution is 6.76. The van der Waals surface area contributed by atoms with Crippen LogP contribution < -0.4 is 0 Å². The molecule has 2 rings (SSSR count). The quantitative estimate of drug-likeness (QED) is 0.275. The van der Waals surface area contributed by atoms with Crippen molar-refractivity contribution in [3.8, 4) is 0 Å². The number of nitrogens with zero attached hydrogens (tertiary/aromatic N) is 4. The molecule has 0 aliphatic heterocycles. The van der Waals surface area contributed by atoms with E-state index in [0.717, 1.165) is 37.9 Å². The summed E-state index contributed by atoms with van der Waals surface area (Å²) in [6, 6.07) is 2.29. The van der Waals surface area contributed by atoms with Gasteiger partial charge in [0.2, 0.25) is 0 Å². The van der Waals surface area contributed by atoms with E-state index in [1.807, 2.05) is 0 Å². The standard InChI is InChI=1S/2C10H18N2O2Si/c1-15(2,3)5-4-14-9-12-6-10(7-13)11-8-12;1-15(2,3)5-4-14-9-12-8-11-6-10(12)7-13/h2*6-8H,4-5,9H2,1-3H3. The molecule has 2 heterocycles. The first kappa shape index (κ1) is 26.1. The SMILES string of the molecule is C[Si](C)(C)CCOCn1cnc(C=O)c1.C[Si](C)(C)CCOCn1cncc1C=O. The van der Waals surface area contributed by atoms with Gasteiger partial charge in [-0.1, -0.05) is 39.3 Å². The van der Waals surface area contributed by atoms with E-state index < -0.39 is 16.1 Å².